The van der Waals surface area contributed by atoms with Crippen molar-refractivity contribution in [3.8, 4) is 0 Å². The third kappa shape index (κ3) is 2.57. The lowest BCUT2D eigenvalue weighted by atomic mass is 10.1. The van der Waals surface area contributed by atoms with Gasteiger partial charge in [-0.05, 0) is 12.1 Å². The number of para-hydroxylation sites is 1. The Bertz CT molecular complexity index is 574. The van der Waals surface area contributed by atoms with Gasteiger partial charge in [0.2, 0.25) is 0 Å². The number of nitrogens with zero attached hydrogens (tertiary/aromatic N) is 2. The first-order valence-corrected chi connectivity index (χ1v) is 5.64. The molecule has 0 saturated heterocycles. The Kier molecular flexibility index (Phi) is 3.74. The lowest BCUT2D eigenvalue weighted by Crippen LogP contribution is -2.19. The van der Waals surface area contributed by atoms with Crippen molar-refractivity contribution in [2.45, 2.75) is 0 Å². The second-order valence-electron chi connectivity index (χ2n) is 3.47. The van der Waals surface area contributed by atoms with Crippen LogP contribution in [0.5, 0.6) is 0 Å². The number of benzene rings is 1. The molecule has 0 aliphatic carbocycles. The molecule has 1 amide bonds. The first kappa shape index (κ1) is 12.3. The highest BCUT2D eigenvalue weighted by molar-refractivity contribution is 6.32. The number of anilines is 2. The molecule has 5 nitrogen and oxygen atoms in total. The molecular weight excluding hydrogens is 252 g/mol. The van der Waals surface area contributed by atoms with Gasteiger partial charge in [0.05, 0.1) is 17.4 Å². The molecule has 1 aromatic carbocycles. The minimum Gasteiger partial charge on any atom is -0.355 e. The lowest BCUT2D eigenvalue weighted by molar-refractivity contribution is 0.0964. The Morgan fingerprint density at radius 1 is 1.33 bits per heavy atom. The summed E-state index contributed by atoms with van der Waals surface area (Å²) in [5.41, 5.74) is 1.16. The molecule has 0 spiro atoms. The predicted octanol–water partition coefficient (Wildman–Crippen LogP) is 2.23. The molecule has 0 fully saturated rings. The second kappa shape index (κ2) is 5.46. The Hall–Kier alpha value is -2.14. The fraction of sp³-hybridized carbons (Fsp3) is 0.0833. The minimum absolute atomic E-state index is 0.178. The van der Waals surface area contributed by atoms with Gasteiger partial charge in [0.15, 0.2) is 5.82 Å². The molecule has 18 heavy (non-hydrogen) atoms. The Balaban J connectivity index is 2.35. The van der Waals surface area contributed by atoms with E-state index in [1.807, 2.05) is 6.07 Å². The average molecular weight is 263 g/mol. The van der Waals surface area contributed by atoms with E-state index in [2.05, 4.69) is 20.6 Å². The van der Waals surface area contributed by atoms with Gasteiger partial charge in [-0.3, -0.25) is 4.79 Å². The number of nitrogens with one attached hydrogen (secondary N) is 2. The van der Waals surface area contributed by atoms with Crippen LogP contribution in [0.1, 0.15) is 10.4 Å². The van der Waals surface area contributed by atoms with Crippen molar-refractivity contribution >= 4 is 29.0 Å². The van der Waals surface area contributed by atoms with E-state index in [1.54, 1.807) is 25.2 Å². The number of carbonyl (C=O) groups excluding carboxylic acids is 1. The van der Waals surface area contributed by atoms with Crippen molar-refractivity contribution < 1.29 is 4.79 Å². The SMILES string of the molecule is CNC(=O)c1ccccc1Nc1ncncc1Cl. The van der Waals surface area contributed by atoms with Crippen LogP contribution in [-0.4, -0.2) is 22.9 Å². The topological polar surface area (TPSA) is 66.9 Å². The number of aromatic nitrogens is 2. The molecule has 1 aromatic heterocycles. The highest BCUT2D eigenvalue weighted by Crippen LogP contribution is 2.24. The van der Waals surface area contributed by atoms with Gasteiger partial charge in [0.25, 0.3) is 5.91 Å². The fourth-order valence-electron chi connectivity index (χ4n) is 1.46. The molecule has 0 unspecified atom stereocenters. The molecule has 0 aliphatic heterocycles. The molecular formula is C12H11ClN4O. The standard InChI is InChI=1S/C12H11ClN4O/c1-14-12(18)8-4-2-3-5-10(8)17-11-9(13)6-15-7-16-11/h2-7H,1H3,(H,14,18)(H,15,16,17). The second-order valence-corrected chi connectivity index (χ2v) is 3.88. The monoisotopic (exact) mass is 262 g/mol. The van der Waals surface area contributed by atoms with Crippen molar-refractivity contribution in [3.63, 3.8) is 0 Å². The van der Waals surface area contributed by atoms with Gasteiger partial charge in [-0.25, -0.2) is 9.97 Å². The van der Waals surface area contributed by atoms with Gasteiger partial charge in [0, 0.05) is 7.05 Å². The van der Waals surface area contributed by atoms with Crippen LogP contribution in [0.15, 0.2) is 36.8 Å². The molecule has 1 heterocycles. The van der Waals surface area contributed by atoms with Gasteiger partial charge in [-0.1, -0.05) is 23.7 Å². The predicted molar refractivity (Wildman–Crippen MR) is 70.2 cm³/mol. The molecule has 2 N–H and O–H groups in total. The molecule has 6 heteroatoms. The third-order valence-electron chi connectivity index (χ3n) is 2.32. The van der Waals surface area contributed by atoms with E-state index in [4.69, 9.17) is 11.6 Å². The van der Waals surface area contributed by atoms with E-state index in [9.17, 15) is 4.79 Å². The van der Waals surface area contributed by atoms with Crippen LogP contribution in [0.4, 0.5) is 11.5 Å². The zero-order valence-corrected chi connectivity index (χ0v) is 10.4. The zero-order chi connectivity index (χ0) is 13.0. The molecule has 2 rings (SSSR count). The molecule has 0 bridgehead atoms. The summed E-state index contributed by atoms with van der Waals surface area (Å²) in [6.45, 7) is 0. The van der Waals surface area contributed by atoms with E-state index in [1.165, 1.54) is 12.5 Å². The maximum atomic E-state index is 11.7. The fourth-order valence-corrected chi connectivity index (χ4v) is 1.61. The summed E-state index contributed by atoms with van der Waals surface area (Å²) >= 11 is 5.95. The lowest BCUT2D eigenvalue weighted by Gasteiger charge is -2.10. The van der Waals surface area contributed by atoms with Crippen LogP contribution in [-0.2, 0) is 0 Å². The van der Waals surface area contributed by atoms with Gasteiger partial charge in [-0.15, -0.1) is 0 Å². The Morgan fingerprint density at radius 2 is 2.11 bits per heavy atom. The van der Waals surface area contributed by atoms with Gasteiger partial charge < -0.3 is 10.6 Å². The molecule has 0 radical (unpaired) electrons. The quantitative estimate of drug-likeness (QED) is 0.890. The van der Waals surface area contributed by atoms with Crippen LogP contribution in [0.25, 0.3) is 0 Å². The van der Waals surface area contributed by atoms with Gasteiger partial charge in [0.1, 0.15) is 11.3 Å². The summed E-state index contributed by atoms with van der Waals surface area (Å²) in [4.78, 5) is 19.5. The van der Waals surface area contributed by atoms with Crippen LogP contribution in [0, 0.1) is 0 Å². The highest BCUT2D eigenvalue weighted by atomic mass is 35.5. The summed E-state index contributed by atoms with van der Waals surface area (Å²) in [5.74, 6) is 0.284. The molecule has 0 aliphatic rings. The number of hydrogen-bond donors (Lipinski definition) is 2. The van der Waals surface area contributed by atoms with E-state index >= 15 is 0 Å². The van der Waals surface area contributed by atoms with E-state index in [0.29, 0.717) is 22.1 Å². The molecule has 92 valence electrons. The van der Waals surface area contributed by atoms with Crippen molar-refractivity contribution in [1.29, 1.82) is 0 Å². The normalized spacial score (nSPS) is 9.89. The summed E-state index contributed by atoms with van der Waals surface area (Å²) in [5, 5.41) is 5.98. The van der Waals surface area contributed by atoms with Gasteiger partial charge >= 0.3 is 0 Å². The largest absolute Gasteiger partial charge is 0.355 e. The highest BCUT2D eigenvalue weighted by Gasteiger charge is 2.10. The number of carbonyl (C=O) groups is 1. The molecule has 0 atom stereocenters. The van der Waals surface area contributed by atoms with Gasteiger partial charge in [-0.2, -0.15) is 0 Å². The Morgan fingerprint density at radius 3 is 2.83 bits per heavy atom. The van der Waals surface area contributed by atoms with Crippen molar-refractivity contribution in [3.05, 3.63) is 47.4 Å². The van der Waals surface area contributed by atoms with Crippen molar-refractivity contribution in [1.82, 2.24) is 15.3 Å². The summed E-state index contributed by atoms with van der Waals surface area (Å²) in [7, 11) is 1.58. The first-order valence-electron chi connectivity index (χ1n) is 5.26. The smallest absolute Gasteiger partial charge is 0.253 e. The average Bonchev–Trinajstić information content (AvgIpc) is 2.41. The number of amides is 1. The van der Waals surface area contributed by atoms with Crippen LogP contribution < -0.4 is 10.6 Å². The summed E-state index contributed by atoms with van der Waals surface area (Å²) in [6, 6.07) is 7.11. The summed E-state index contributed by atoms with van der Waals surface area (Å²) in [6.07, 6.45) is 2.87. The van der Waals surface area contributed by atoms with Crippen LogP contribution in [0.3, 0.4) is 0 Å². The van der Waals surface area contributed by atoms with Crippen molar-refractivity contribution in [2.24, 2.45) is 0 Å². The summed E-state index contributed by atoms with van der Waals surface area (Å²) < 4.78 is 0. The van der Waals surface area contributed by atoms with Crippen LogP contribution >= 0.6 is 11.6 Å². The van der Waals surface area contributed by atoms with Crippen LogP contribution in [0.2, 0.25) is 5.02 Å². The van der Waals surface area contributed by atoms with Crippen molar-refractivity contribution in [2.75, 3.05) is 12.4 Å². The Labute approximate surface area is 109 Å². The maximum absolute atomic E-state index is 11.7. The maximum Gasteiger partial charge on any atom is 0.253 e. The number of rotatable bonds is 3. The minimum atomic E-state index is -0.178. The third-order valence-corrected chi connectivity index (χ3v) is 2.60. The zero-order valence-electron chi connectivity index (χ0n) is 9.64. The number of halogens is 1. The van der Waals surface area contributed by atoms with E-state index in [0.717, 1.165) is 0 Å². The first-order chi connectivity index (χ1) is 8.72. The number of hydrogen-bond acceptors (Lipinski definition) is 4. The molecule has 2 aromatic rings. The van der Waals surface area contributed by atoms with E-state index < -0.39 is 0 Å². The van der Waals surface area contributed by atoms with E-state index in [-0.39, 0.29) is 5.91 Å². The molecule has 0 saturated carbocycles.